The third-order valence-electron chi connectivity index (χ3n) is 5.27. The number of hydrogen-bond acceptors (Lipinski definition) is 5. The van der Waals surface area contributed by atoms with E-state index in [9.17, 15) is 14.6 Å². The molecule has 2 heterocycles. The maximum atomic E-state index is 15.2. The summed E-state index contributed by atoms with van der Waals surface area (Å²) in [6, 6.07) is 6.62. The zero-order chi connectivity index (χ0) is 18.5. The Kier molecular flexibility index (Phi) is 4.07. The molecule has 7 heteroatoms. The summed E-state index contributed by atoms with van der Waals surface area (Å²) < 4.78 is 33.5. The number of rotatable bonds is 5. The Morgan fingerprint density at radius 3 is 2.38 bits per heavy atom. The van der Waals surface area contributed by atoms with Gasteiger partial charge in [-0.25, -0.2) is 13.8 Å². The van der Waals surface area contributed by atoms with Crippen LogP contribution in [0.2, 0.25) is 0 Å². The Hall–Kier alpha value is -1.93. The van der Waals surface area contributed by atoms with Gasteiger partial charge in [-0.15, -0.1) is 0 Å². The van der Waals surface area contributed by atoms with Crippen molar-refractivity contribution in [2.24, 2.45) is 11.7 Å². The lowest BCUT2D eigenvalue weighted by molar-refractivity contribution is -0.186. The first kappa shape index (κ1) is 17.5. The number of ether oxygens (including phenoxy) is 1. The second-order valence-corrected chi connectivity index (χ2v) is 7.15. The van der Waals surface area contributed by atoms with Crippen LogP contribution in [-0.4, -0.2) is 35.0 Å². The standard InChI is InChI=1S/C19H20F2N2O3/c20-13-5-1-11(2-6-13)17-16(21)14(18(24)9-26-10-18)7-15(23-17)19(25,8-22)12-3-4-12/h1-2,5-7,12,24-25H,3-4,8-10,22H2/t19-/m1/s1. The second-order valence-electron chi connectivity index (χ2n) is 7.15. The van der Waals surface area contributed by atoms with Crippen LogP contribution in [0.4, 0.5) is 8.78 Å². The summed E-state index contributed by atoms with van der Waals surface area (Å²) in [6.45, 7) is -0.144. The minimum absolute atomic E-state index is 0.0144. The smallest absolute Gasteiger partial charge is 0.155 e. The molecule has 26 heavy (non-hydrogen) atoms. The fraction of sp³-hybridized carbons (Fsp3) is 0.421. The van der Waals surface area contributed by atoms with E-state index in [2.05, 4.69) is 4.98 Å². The van der Waals surface area contributed by atoms with Crippen molar-refractivity contribution in [2.75, 3.05) is 19.8 Å². The van der Waals surface area contributed by atoms with Crippen molar-refractivity contribution in [1.29, 1.82) is 0 Å². The van der Waals surface area contributed by atoms with Crippen LogP contribution >= 0.6 is 0 Å². The molecule has 4 N–H and O–H groups in total. The summed E-state index contributed by atoms with van der Waals surface area (Å²) in [5.74, 6) is -1.21. The van der Waals surface area contributed by atoms with E-state index in [1.807, 2.05) is 0 Å². The third kappa shape index (κ3) is 2.72. The van der Waals surface area contributed by atoms with Crippen LogP contribution in [0.1, 0.15) is 24.1 Å². The molecule has 0 unspecified atom stereocenters. The van der Waals surface area contributed by atoms with Crippen LogP contribution in [-0.2, 0) is 15.9 Å². The van der Waals surface area contributed by atoms with Crippen LogP contribution in [0.25, 0.3) is 11.3 Å². The molecule has 1 aromatic carbocycles. The van der Waals surface area contributed by atoms with E-state index in [1.54, 1.807) is 0 Å². The summed E-state index contributed by atoms with van der Waals surface area (Å²) in [4.78, 5) is 4.33. The molecule has 5 nitrogen and oxygen atoms in total. The lowest BCUT2D eigenvalue weighted by Gasteiger charge is -2.38. The highest BCUT2D eigenvalue weighted by Crippen LogP contribution is 2.46. The van der Waals surface area contributed by atoms with Crippen LogP contribution in [0, 0.1) is 17.6 Å². The largest absolute Gasteiger partial charge is 0.382 e. The van der Waals surface area contributed by atoms with Gasteiger partial charge in [0.15, 0.2) is 5.82 Å². The van der Waals surface area contributed by atoms with E-state index < -0.39 is 22.8 Å². The van der Waals surface area contributed by atoms with Gasteiger partial charge in [0.2, 0.25) is 0 Å². The molecule has 2 aromatic rings. The van der Waals surface area contributed by atoms with Crippen molar-refractivity contribution in [2.45, 2.75) is 24.0 Å². The highest BCUT2D eigenvalue weighted by Gasteiger charge is 2.48. The first-order valence-electron chi connectivity index (χ1n) is 8.57. The van der Waals surface area contributed by atoms with E-state index in [0.29, 0.717) is 5.56 Å². The quantitative estimate of drug-likeness (QED) is 0.755. The van der Waals surface area contributed by atoms with Crippen molar-refractivity contribution < 1.29 is 23.7 Å². The minimum atomic E-state index is -1.48. The molecule has 2 fully saturated rings. The Morgan fingerprint density at radius 1 is 1.23 bits per heavy atom. The van der Waals surface area contributed by atoms with Crippen molar-refractivity contribution in [3.8, 4) is 11.3 Å². The molecule has 1 aliphatic carbocycles. The molecule has 1 atom stereocenters. The van der Waals surface area contributed by atoms with Gasteiger partial charge >= 0.3 is 0 Å². The molecule has 1 aliphatic heterocycles. The predicted molar refractivity (Wildman–Crippen MR) is 90.0 cm³/mol. The van der Waals surface area contributed by atoms with Gasteiger partial charge in [-0.3, -0.25) is 0 Å². The molecule has 1 saturated carbocycles. The summed E-state index contributed by atoms with van der Waals surface area (Å²) >= 11 is 0. The van der Waals surface area contributed by atoms with Gasteiger partial charge in [-0.1, -0.05) is 0 Å². The second kappa shape index (κ2) is 6.06. The van der Waals surface area contributed by atoms with E-state index in [4.69, 9.17) is 10.5 Å². The Morgan fingerprint density at radius 2 is 1.88 bits per heavy atom. The van der Waals surface area contributed by atoms with Crippen LogP contribution in [0.5, 0.6) is 0 Å². The predicted octanol–water partition coefficient (Wildman–Crippen LogP) is 1.80. The van der Waals surface area contributed by atoms with E-state index in [1.165, 1.54) is 30.3 Å². The molecular formula is C19H20F2N2O3. The lowest BCUT2D eigenvalue weighted by Crippen LogP contribution is -2.48. The third-order valence-corrected chi connectivity index (χ3v) is 5.27. The summed E-state index contributed by atoms with van der Waals surface area (Å²) in [5.41, 5.74) is 3.48. The molecule has 138 valence electrons. The normalized spacial score (nSPS) is 21.1. The van der Waals surface area contributed by atoms with Crippen LogP contribution < -0.4 is 5.73 Å². The number of aromatic nitrogens is 1. The number of hydrogen-bond donors (Lipinski definition) is 3. The summed E-state index contributed by atoms with van der Waals surface area (Å²) in [7, 11) is 0. The van der Waals surface area contributed by atoms with Gasteiger partial charge in [-0.05, 0) is 49.1 Å². The van der Waals surface area contributed by atoms with Crippen LogP contribution in [0.3, 0.4) is 0 Å². The zero-order valence-electron chi connectivity index (χ0n) is 14.1. The zero-order valence-corrected chi connectivity index (χ0v) is 14.1. The Bertz CT molecular complexity index is 835. The van der Waals surface area contributed by atoms with E-state index in [-0.39, 0.29) is 42.6 Å². The van der Waals surface area contributed by atoms with Gasteiger partial charge in [-0.2, -0.15) is 0 Å². The average molecular weight is 362 g/mol. The van der Waals surface area contributed by atoms with Crippen LogP contribution in [0.15, 0.2) is 30.3 Å². The number of nitrogens with zero attached hydrogens (tertiary/aromatic N) is 1. The van der Waals surface area contributed by atoms with Gasteiger partial charge in [0.25, 0.3) is 0 Å². The lowest BCUT2D eigenvalue weighted by atomic mass is 9.85. The SMILES string of the molecule is NC[C@](O)(c1cc(C2(O)COC2)c(F)c(-c2ccc(F)cc2)n1)C1CC1. The summed E-state index contributed by atoms with van der Waals surface area (Å²) in [6.07, 6.45) is 1.61. The van der Waals surface area contributed by atoms with Crippen molar-refractivity contribution in [3.63, 3.8) is 0 Å². The minimum Gasteiger partial charge on any atom is -0.382 e. The van der Waals surface area contributed by atoms with Crippen molar-refractivity contribution in [1.82, 2.24) is 4.98 Å². The molecule has 4 rings (SSSR count). The number of benzene rings is 1. The highest BCUT2D eigenvalue weighted by atomic mass is 19.1. The molecule has 0 amide bonds. The number of pyridine rings is 1. The van der Waals surface area contributed by atoms with Gasteiger partial charge in [0.05, 0.1) is 18.9 Å². The highest BCUT2D eigenvalue weighted by molar-refractivity contribution is 5.62. The molecule has 0 bridgehead atoms. The topological polar surface area (TPSA) is 88.6 Å². The molecule has 1 aromatic heterocycles. The Labute approximate surface area is 149 Å². The maximum Gasteiger partial charge on any atom is 0.155 e. The van der Waals surface area contributed by atoms with Gasteiger partial charge < -0.3 is 20.7 Å². The molecule has 2 aliphatic rings. The molecular weight excluding hydrogens is 342 g/mol. The van der Waals surface area contributed by atoms with Gasteiger partial charge in [0, 0.05) is 17.7 Å². The molecule has 0 radical (unpaired) electrons. The molecule has 1 saturated heterocycles. The number of halogens is 2. The first-order valence-corrected chi connectivity index (χ1v) is 8.57. The van der Waals surface area contributed by atoms with Crippen molar-refractivity contribution >= 4 is 0 Å². The maximum absolute atomic E-state index is 15.2. The summed E-state index contributed by atoms with van der Waals surface area (Å²) in [5, 5.41) is 21.7. The molecule has 0 spiro atoms. The number of nitrogens with two attached hydrogens (primary N) is 1. The van der Waals surface area contributed by atoms with E-state index in [0.717, 1.165) is 12.8 Å². The number of aliphatic hydroxyl groups is 2. The first-order chi connectivity index (χ1) is 12.4. The fourth-order valence-electron chi connectivity index (χ4n) is 3.38. The van der Waals surface area contributed by atoms with E-state index >= 15 is 4.39 Å². The van der Waals surface area contributed by atoms with Crippen molar-refractivity contribution in [3.05, 3.63) is 53.2 Å². The fourth-order valence-corrected chi connectivity index (χ4v) is 3.38. The monoisotopic (exact) mass is 362 g/mol. The Balaban J connectivity index is 1.91. The average Bonchev–Trinajstić information content (AvgIpc) is 3.45. The van der Waals surface area contributed by atoms with Gasteiger partial charge in [0.1, 0.15) is 22.7 Å².